The zero-order valence-corrected chi connectivity index (χ0v) is 21.3. The summed E-state index contributed by atoms with van der Waals surface area (Å²) in [5.74, 6) is 1.03. The maximum Gasteiger partial charge on any atom is 0.253 e. The van der Waals surface area contributed by atoms with Crippen LogP contribution in [-0.2, 0) is 13.1 Å². The molecule has 2 aromatic carbocycles. The maximum atomic E-state index is 13.1. The molecule has 3 heterocycles. The number of anilines is 1. The molecule has 2 aliphatic heterocycles. The highest BCUT2D eigenvalue weighted by Crippen LogP contribution is 2.24. The number of rotatable bonds is 8. The van der Waals surface area contributed by atoms with Gasteiger partial charge in [-0.15, -0.1) is 0 Å². The molecule has 36 heavy (non-hydrogen) atoms. The third kappa shape index (κ3) is 6.30. The van der Waals surface area contributed by atoms with Crippen LogP contribution in [0.2, 0.25) is 0 Å². The topological polar surface area (TPSA) is 49.2 Å². The average molecular weight is 488 g/mol. The smallest absolute Gasteiger partial charge is 0.253 e. The number of amides is 1. The van der Waals surface area contributed by atoms with Gasteiger partial charge in [0.05, 0.1) is 12.5 Å². The highest BCUT2D eigenvalue weighted by molar-refractivity contribution is 5.94. The Bertz CT molecular complexity index is 1100. The zero-order chi connectivity index (χ0) is 24.7. The van der Waals surface area contributed by atoms with E-state index in [-0.39, 0.29) is 12.0 Å². The SMILES string of the molecule is CN(Cc1ccoc1)Cc1cccc(OC2CCN(C(=O)c3ccc(N4CCCCC4)cc3)CC2)c1. The molecule has 0 spiro atoms. The fourth-order valence-corrected chi connectivity index (χ4v) is 5.30. The van der Waals surface area contributed by atoms with E-state index >= 15 is 0 Å². The van der Waals surface area contributed by atoms with Gasteiger partial charge >= 0.3 is 0 Å². The maximum absolute atomic E-state index is 13.1. The fraction of sp³-hybridized carbons (Fsp3) is 0.433. The lowest BCUT2D eigenvalue weighted by molar-refractivity contribution is 0.0595. The first kappa shape index (κ1) is 24.4. The number of piperidine rings is 2. The monoisotopic (exact) mass is 487 g/mol. The zero-order valence-electron chi connectivity index (χ0n) is 21.3. The molecule has 190 valence electrons. The molecular formula is C30H37N3O3. The van der Waals surface area contributed by atoms with Crippen molar-refractivity contribution >= 4 is 11.6 Å². The number of hydrogen-bond acceptors (Lipinski definition) is 5. The first-order chi connectivity index (χ1) is 17.6. The molecular weight excluding hydrogens is 450 g/mol. The van der Waals surface area contributed by atoms with Gasteiger partial charge in [0.15, 0.2) is 0 Å². The van der Waals surface area contributed by atoms with Gasteiger partial charge in [0, 0.05) is 68.9 Å². The molecule has 2 saturated heterocycles. The minimum atomic E-state index is 0.126. The standard InChI is InChI=1S/C30H37N3O3/c1-31(22-25-14-19-35-23-25)21-24-6-5-7-29(20-24)36-28-12-17-33(18-13-28)30(34)26-8-10-27(11-9-26)32-15-3-2-4-16-32/h5-11,14,19-20,23,28H,2-4,12-13,15-18,21-22H2,1H3. The molecule has 0 atom stereocenters. The van der Waals surface area contributed by atoms with Crippen LogP contribution in [0.5, 0.6) is 5.75 Å². The van der Waals surface area contributed by atoms with Crippen LogP contribution in [0.25, 0.3) is 0 Å². The van der Waals surface area contributed by atoms with Crippen molar-refractivity contribution in [2.75, 3.05) is 38.1 Å². The summed E-state index contributed by atoms with van der Waals surface area (Å²) in [7, 11) is 2.11. The van der Waals surface area contributed by atoms with Crippen molar-refractivity contribution in [3.63, 3.8) is 0 Å². The Morgan fingerprint density at radius 2 is 1.69 bits per heavy atom. The summed E-state index contributed by atoms with van der Waals surface area (Å²) in [5.41, 5.74) is 4.40. The third-order valence-electron chi connectivity index (χ3n) is 7.25. The lowest BCUT2D eigenvalue weighted by Crippen LogP contribution is -2.41. The third-order valence-corrected chi connectivity index (χ3v) is 7.25. The van der Waals surface area contributed by atoms with Crippen LogP contribution in [0.15, 0.2) is 71.5 Å². The van der Waals surface area contributed by atoms with E-state index in [0.29, 0.717) is 0 Å². The van der Waals surface area contributed by atoms with E-state index in [4.69, 9.17) is 9.15 Å². The van der Waals surface area contributed by atoms with Crippen LogP contribution in [0.3, 0.4) is 0 Å². The van der Waals surface area contributed by atoms with Gasteiger partial charge in [-0.1, -0.05) is 12.1 Å². The number of ether oxygens (including phenoxy) is 1. The number of benzene rings is 2. The average Bonchev–Trinajstić information content (AvgIpc) is 3.42. The summed E-state index contributed by atoms with van der Waals surface area (Å²) in [6, 6.07) is 18.5. The summed E-state index contributed by atoms with van der Waals surface area (Å²) in [5, 5.41) is 0. The minimum absolute atomic E-state index is 0.126. The van der Waals surface area contributed by atoms with Crippen LogP contribution < -0.4 is 9.64 Å². The summed E-state index contributed by atoms with van der Waals surface area (Å²) < 4.78 is 11.5. The molecule has 1 aromatic heterocycles. The van der Waals surface area contributed by atoms with Crippen molar-refractivity contribution in [2.24, 2.45) is 0 Å². The summed E-state index contributed by atoms with van der Waals surface area (Å²) >= 11 is 0. The molecule has 0 aliphatic carbocycles. The van der Waals surface area contributed by atoms with E-state index in [0.717, 1.165) is 63.4 Å². The van der Waals surface area contributed by atoms with E-state index in [1.807, 2.05) is 29.2 Å². The largest absolute Gasteiger partial charge is 0.490 e. The Morgan fingerprint density at radius 1 is 0.944 bits per heavy atom. The molecule has 0 radical (unpaired) electrons. The molecule has 6 heteroatoms. The summed E-state index contributed by atoms with van der Waals surface area (Å²) in [6.07, 6.45) is 9.16. The first-order valence-electron chi connectivity index (χ1n) is 13.2. The normalized spacial score (nSPS) is 16.9. The van der Waals surface area contributed by atoms with Crippen LogP contribution in [0.1, 0.15) is 53.6 Å². The van der Waals surface area contributed by atoms with Gasteiger partial charge < -0.3 is 19.0 Å². The molecule has 0 N–H and O–H groups in total. The molecule has 2 aliphatic rings. The Balaban J connectivity index is 1.10. The lowest BCUT2D eigenvalue weighted by Gasteiger charge is -2.32. The molecule has 0 bridgehead atoms. The van der Waals surface area contributed by atoms with Gasteiger partial charge in [0.2, 0.25) is 0 Å². The second-order valence-electron chi connectivity index (χ2n) is 10.2. The number of hydrogen-bond donors (Lipinski definition) is 0. The molecule has 0 saturated carbocycles. The predicted molar refractivity (Wildman–Crippen MR) is 142 cm³/mol. The quantitative estimate of drug-likeness (QED) is 0.415. The van der Waals surface area contributed by atoms with Crippen LogP contribution in [0, 0.1) is 0 Å². The summed E-state index contributed by atoms with van der Waals surface area (Å²) in [4.78, 5) is 19.7. The molecule has 5 rings (SSSR count). The van der Waals surface area contributed by atoms with Crippen molar-refractivity contribution in [3.8, 4) is 5.75 Å². The molecule has 1 amide bonds. The van der Waals surface area contributed by atoms with E-state index < -0.39 is 0 Å². The van der Waals surface area contributed by atoms with E-state index in [2.05, 4.69) is 47.2 Å². The van der Waals surface area contributed by atoms with Crippen molar-refractivity contribution < 1.29 is 13.9 Å². The predicted octanol–water partition coefficient (Wildman–Crippen LogP) is 5.59. The lowest BCUT2D eigenvalue weighted by atomic mass is 10.1. The van der Waals surface area contributed by atoms with Gasteiger partial charge in [0.1, 0.15) is 11.9 Å². The van der Waals surface area contributed by atoms with Crippen LogP contribution >= 0.6 is 0 Å². The number of likely N-dealkylation sites (tertiary alicyclic amines) is 1. The van der Waals surface area contributed by atoms with Crippen molar-refractivity contribution in [1.82, 2.24) is 9.80 Å². The molecule has 3 aromatic rings. The number of furan rings is 1. The van der Waals surface area contributed by atoms with Crippen LogP contribution in [-0.4, -0.2) is 55.0 Å². The number of nitrogens with zero attached hydrogens (tertiary/aromatic N) is 3. The summed E-state index contributed by atoms with van der Waals surface area (Å²) in [6.45, 7) is 5.37. The Kier molecular flexibility index (Phi) is 7.91. The van der Waals surface area contributed by atoms with Crippen LogP contribution in [0.4, 0.5) is 5.69 Å². The van der Waals surface area contributed by atoms with Gasteiger partial charge in [-0.25, -0.2) is 0 Å². The highest BCUT2D eigenvalue weighted by atomic mass is 16.5. The van der Waals surface area contributed by atoms with Crippen molar-refractivity contribution in [2.45, 2.75) is 51.3 Å². The first-order valence-corrected chi connectivity index (χ1v) is 13.2. The Morgan fingerprint density at radius 3 is 2.42 bits per heavy atom. The number of carbonyl (C=O) groups is 1. The van der Waals surface area contributed by atoms with E-state index in [1.165, 1.54) is 36.1 Å². The minimum Gasteiger partial charge on any atom is -0.490 e. The Hall–Kier alpha value is -3.25. The molecule has 0 unspecified atom stereocenters. The highest BCUT2D eigenvalue weighted by Gasteiger charge is 2.25. The van der Waals surface area contributed by atoms with Gasteiger partial charge in [-0.3, -0.25) is 9.69 Å². The van der Waals surface area contributed by atoms with Gasteiger partial charge in [-0.2, -0.15) is 0 Å². The molecule has 6 nitrogen and oxygen atoms in total. The van der Waals surface area contributed by atoms with Crippen molar-refractivity contribution in [3.05, 3.63) is 83.8 Å². The van der Waals surface area contributed by atoms with E-state index in [9.17, 15) is 4.79 Å². The van der Waals surface area contributed by atoms with Gasteiger partial charge in [-0.05, 0) is 74.3 Å². The number of carbonyl (C=O) groups excluding carboxylic acids is 1. The second-order valence-corrected chi connectivity index (χ2v) is 10.2. The van der Waals surface area contributed by atoms with Gasteiger partial charge in [0.25, 0.3) is 5.91 Å². The molecule has 2 fully saturated rings. The van der Waals surface area contributed by atoms with Crippen molar-refractivity contribution in [1.29, 1.82) is 0 Å². The second kappa shape index (κ2) is 11.7. The van der Waals surface area contributed by atoms with E-state index in [1.54, 1.807) is 12.5 Å². The fourth-order valence-electron chi connectivity index (χ4n) is 5.30. The Labute approximate surface area is 214 Å².